The third-order valence-electron chi connectivity index (χ3n) is 2.48. The quantitative estimate of drug-likeness (QED) is 0.757. The molecule has 2 rings (SSSR count). The van der Waals surface area contributed by atoms with Crippen LogP contribution in [-0.2, 0) is 11.3 Å². The summed E-state index contributed by atoms with van der Waals surface area (Å²) in [7, 11) is 0. The number of nitrogens with zero attached hydrogens (tertiary/aromatic N) is 3. The number of thioether (sulfide) groups is 1. The van der Waals surface area contributed by atoms with E-state index in [-0.39, 0.29) is 11.7 Å². The molecular formula is C10H16N4OS. The number of hydrogen-bond acceptors (Lipinski definition) is 4. The molecule has 0 saturated heterocycles. The second kappa shape index (κ2) is 4.86. The van der Waals surface area contributed by atoms with Crippen LogP contribution in [0.4, 0.5) is 0 Å². The van der Waals surface area contributed by atoms with Gasteiger partial charge in [0.1, 0.15) is 5.82 Å². The molecule has 1 aromatic heterocycles. The molecule has 0 radical (unpaired) electrons. The summed E-state index contributed by atoms with van der Waals surface area (Å²) in [5, 5.41) is 9.17. The molecule has 0 spiro atoms. The lowest BCUT2D eigenvalue weighted by Crippen LogP contribution is -2.14. The number of rotatable bonds is 6. The first-order valence-electron chi connectivity index (χ1n) is 5.56. The number of carbonyl (C=O) groups excluding carboxylic acids is 1. The molecule has 1 amide bonds. The van der Waals surface area contributed by atoms with Crippen molar-refractivity contribution in [3.8, 4) is 0 Å². The molecule has 1 aliphatic carbocycles. The topological polar surface area (TPSA) is 73.8 Å². The van der Waals surface area contributed by atoms with Crippen LogP contribution < -0.4 is 5.73 Å². The van der Waals surface area contributed by atoms with Gasteiger partial charge in [0, 0.05) is 12.5 Å². The molecule has 16 heavy (non-hydrogen) atoms. The maximum atomic E-state index is 10.7. The average molecular weight is 240 g/mol. The SMILES string of the molecule is CCCn1c(SCC(N)=O)nnc1C1CC1. The van der Waals surface area contributed by atoms with Crippen LogP contribution in [0.5, 0.6) is 0 Å². The minimum absolute atomic E-state index is 0.270. The van der Waals surface area contributed by atoms with E-state index >= 15 is 0 Å². The van der Waals surface area contributed by atoms with Crippen molar-refractivity contribution in [2.24, 2.45) is 5.73 Å². The van der Waals surface area contributed by atoms with Gasteiger partial charge in [0.15, 0.2) is 5.16 Å². The van der Waals surface area contributed by atoms with Crippen molar-refractivity contribution in [2.75, 3.05) is 5.75 Å². The Morgan fingerprint density at radius 1 is 1.56 bits per heavy atom. The molecule has 2 N–H and O–H groups in total. The lowest BCUT2D eigenvalue weighted by molar-refractivity contribution is -0.115. The molecular weight excluding hydrogens is 224 g/mol. The molecule has 0 bridgehead atoms. The van der Waals surface area contributed by atoms with Crippen LogP contribution in [-0.4, -0.2) is 26.4 Å². The summed E-state index contributed by atoms with van der Waals surface area (Å²) >= 11 is 1.38. The Balaban J connectivity index is 2.12. The summed E-state index contributed by atoms with van der Waals surface area (Å²) in [6.45, 7) is 3.04. The summed E-state index contributed by atoms with van der Waals surface area (Å²) in [6, 6.07) is 0. The van der Waals surface area contributed by atoms with E-state index in [0.717, 1.165) is 23.9 Å². The molecule has 0 aromatic carbocycles. The van der Waals surface area contributed by atoms with Gasteiger partial charge in [-0.2, -0.15) is 0 Å². The maximum absolute atomic E-state index is 10.7. The third kappa shape index (κ3) is 2.55. The second-order valence-corrected chi connectivity index (χ2v) is 4.96. The van der Waals surface area contributed by atoms with Gasteiger partial charge in [-0.15, -0.1) is 10.2 Å². The van der Waals surface area contributed by atoms with Crippen LogP contribution in [0.1, 0.15) is 37.9 Å². The first kappa shape index (κ1) is 11.4. The zero-order chi connectivity index (χ0) is 11.5. The fraction of sp³-hybridized carbons (Fsp3) is 0.700. The molecule has 88 valence electrons. The van der Waals surface area contributed by atoms with Gasteiger partial charge in [-0.3, -0.25) is 4.79 Å². The number of carbonyl (C=O) groups is 1. The van der Waals surface area contributed by atoms with E-state index in [1.807, 2.05) is 0 Å². The van der Waals surface area contributed by atoms with E-state index in [1.54, 1.807) is 0 Å². The van der Waals surface area contributed by atoms with E-state index < -0.39 is 0 Å². The first-order valence-corrected chi connectivity index (χ1v) is 6.55. The normalized spacial score (nSPS) is 15.3. The number of aromatic nitrogens is 3. The molecule has 1 saturated carbocycles. The van der Waals surface area contributed by atoms with Crippen molar-refractivity contribution in [3.63, 3.8) is 0 Å². The summed E-state index contributed by atoms with van der Waals surface area (Å²) in [5.74, 6) is 1.62. The lowest BCUT2D eigenvalue weighted by Gasteiger charge is -2.07. The van der Waals surface area contributed by atoms with Crippen molar-refractivity contribution in [3.05, 3.63) is 5.82 Å². The highest BCUT2D eigenvalue weighted by Gasteiger charge is 2.30. The van der Waals surface area contributed by atoms with E-state index in [2.05, 4.69) is 21.7 Å². The first-order chi connectivity index (χ1) is 7.72. The Labute approximate surface area is 98.8 Å². The Bertz CT molecular complexity index is 386. The minimum Gasteiger partial charge on any atom is -0.369 e. The van der Waals surface area contributed by atoms with Crippen LogP contribution >= 0.6 is 11.8 Å². The van der Waals surface area contributed by atoms with Gasteiger partial charge in [-0.1, -0.05) is 18.7 Å². The fourth-order valence-electron chi connectivity index (χ4n) is 1.62. The van der Waals surface area contributed by atoms with Crippen LogP contribution in [0.2, 0.25) is 0 Å². The molecule has 0 atom stereocenters. The van der Waals surface area contributed by atoms with Gasteiger partial charge in [0.2, 0.25) is 5.91 Å². The monoisotopic (exact) mass is 240 g/mol. The van der Waals surface area contributed by atoms with Crippen molar-refractivity contribution >= 4 is 17.7 Å². The Morgan fingerprint density at radius 2 is 2.31 bits per heavy atom. The highest BCUT2D eigenvalue weighted by Crippen LogP contribution is 2.40. The second-order valence-electron chi connectivity index (χ2n) is 4.02. The molecule has 1 aromatic rings. The summed E-state index contributed by atoms with van der Waals surface area (Å²) in [4.78, 5) is 10.7. The average Bonchev–Trinajstić information content (AvgIpc) is 3.00. The Morgan fingerprint density at radius 3 is 2.88 bits per heavy atom. The fourth-order valence-corrected chi connectivity index (χ4v) is 2.33. The van der Waals surface area contributed by atoms with Gasteiger partial charge in [-0.05, 0) is 19.3 Å². The van der Waals surface area contributed by atoms with E-state index in [9.17, 15) is 4.79 Å². The predicted molar refractivity (Wildman–Crippen MR) is 62.2 cm³/mol. The largest absolute Gasteiger partial charge is 0.369 e. The molecule has 5 nitrogen and oxygen atoms in total. The summed E-state index contributed by atoms with van der Waals surface area (Å²) < 4.78 is 2.13. The standard InChI is InChI=1S/C10H16N4OS/c1-2-5-14-9(7-3-4-7)12-13-10(14)16-6-8(11)15/h7H,2-6H2,1H3,(H2,11,15). The van der Waals surface area contributed by atoms with Crippen LogP contribution in [0.15, 0.2) is 5.16 Å². The molecule has 1 fully saturated rings. The summed E-state index contributed by atoms with van der Waals surface area (Å²) in [6.07, 6.45) is 3.46. The maximum Gasteiger partial charge on any atom is 0.227 e. The van der Waals surface area contributed by atoms with Gasteiger partial charge in [0.05, 0.1) is 5.75 Å². The van der Waals surface area contributed by atoms with Gasteiger partial charge in [-0.25, -0.2) is 0 Å². The molecule has 1 aliphatic rings. The molecule has 1 heterocycles. The highest BCUT2D eigenvalue weighted by atomic mass is 32.2. The predicted octanol–water partition coefficient (Wildman–Crippen LogP) is 1.14. The van der Waals surface area contributed by atoms with E-state index in [4.69, 9.17) is 5.73 Å². The van der Waals surface area contributed by atoms with Crippen LogP contribution in [0.3, 0.4) is 0 Å². The Kier molecular flexibility index (Phi) is 3.48. The zero-order valence-electron chi connectivity index (χ0n) is 9.35. The van der Waals surface area contributed by atoms with Crippen molar-refractivity contribution < 1.29 is 4.79 Å². The number of primary amides is 1. The molecule has 0 unspecified atom stereocenters. The highest BCUT2D eigenvalue weighted by molar-refractivity contribution is 7.99. The van der Waals surface area contributed by atoms with Crippen molar-refractivity contribution in [2.45, 2.75) is 43.8 Å². The third-order valence-corrected chi connectivity index (χ3v) is 3.47. The number of hydrogen-bond donors (Lipinski definition) is 1. The number of amides is 1. The lowest BCUT2D eigenvalue weighted by atomic mass is 10.4. The van der Waals surface area contributed by atoms with E-state index in [0.29, 0.717) is 5.92 Å². The molecule has 6 heteroatoms. The number of nitrogens with two attached hydrogens (primary N) is 1. The Hall–Kier alpha value is -1.04. The smallest absolute Gasteiger partial charge is 0.227 e. The minimum atomic E-state index is -0.316. The van der Waals surface area contributed by atoms with Crippen molar-refractivity contribution in [1.82, 2.24) is 14.8 Å². The van der Waals surface area contributed by atoms with Gasteiger partial charge >= 0.3 is 0 Å². The zero-order valence-corrected chi connectivity index (χ0v) is 10.2. The van der Waals surface area contributed by atoms with E-state index in [1.165, 1.54) is 24.6 Å². The van der Waals surface area contributed by atoms with Crippen molar-refractivity contribution in [1.29, 1.82) is 0 Å². The summed E-state index contributed by atoms with van der Waals surface area (Å²) in [5.41, 5.74) is 5.13. The van der Waals surface area contributed by atoms with Crippen LogP contribution in [0, 0.1) is 0 Å². The van der Waals surface area contributed by atoms with Gasteiger partial charge in [0.25, 0.3) is 0 Å². The molecule has 0 aliphatic heterocycles. The van der Waals surface area contributed by atoms with Crippen LogP contribution in [0.25, 0.3) is 0 Å². The van der Waals surface area contributed by atoms with Gasteiger partial charge < -0.3 is 10.3 Å².